The minimum absolute atomic E-state index is 0.00839. The molecule has 1 amide bonds. The third-order valence-electron chi connectivity index (χ3n) is 2.33. The zero-order valence-corrected chi connectivity index (χ0v) is 13.3. The van der Waals surface area contributed by atoms with Crippen LogP contribution < -0.4 is 5.32 Å². The van der Waals surface area contributed by atoms with Crippen LogP contribution in [0.1, 0.15) is 9.67 Å². The van der Waals surface area contributed by atoms with Gasteiger partial charge in [-0.3, -0.25) is 14.5 Å². The van der Waals surface area contributed by atoms with E-state index in [0.29, 0.717) is 18.0 Å². The minimum Gasteiger partial charge on any atom is -0.383 e. The number of hydrogen-bond donors (Lipinski definition) is 1. The van der Waals surface area contributed by atoms with Crippen molar-refractivity contribution in [3.63, 3.8) is 0 Å². The Morgan fingerprint density at radius 1 is 1.47 bits per heavy atom. The number of ether oxygens (including phenoxy) is 1. The van der Waals surface area contributed by atoms with Crippen molar-refractivity contribution in [2.75, 3.05) is 40.4 Å². The van der Waals surface area contributed by atoms with Crippen LogP contribution in [0.3, 0.4) is 0 Å². The van der Waals surface area contributed by atoms with Crippen molar-refractivity contribution < 1.29 is 14.3 Å². The summed E-state index contributed by atoms with van der Waals surface area (Å²) in [6.07, 6.45) is 0. The van der Waals surface area contributed by atoms with Gasteiger partial charge in [-0.1, -0.05) is 0 Å². The molecule has 0 spiro atoms. The largest absolute Gasteiger partial charge is 0.383 e. The van der Waals surface area contributed by atoms with Gasteiger partial charge in [0.05, 0.1) is 24.6 Å². The SMILES string of the molecule is COCCNC(=O)CN(C)CC(=O)c1sccc1Br. The van der Waals surface area contributed by atoms with E-state index in [1.807, 2.05) is 11.4 Å². The zero-order chi connectivity index (χ0) is 14.3. The van der Waals surface area contributed by atoms with Crippen molar-refractivity contribution in [1.82, 2.24) is 10.2 Å². The first-order chi connectivity index (χ1) is 9.04. The average Bonchev–Trinajstić information content (AvgIpc) is 2.75. The van der Waals surface area contributed by atoms with E-state index >= 15 is 0 Å². The molecule has 1 N–H and O–H groups in total. The van der Waals surface area contributed by atoms with Gasteiger partial charge in [-0.2, -0.15) is 0 Å². The standard InChI is InChI=1S/C12H17BrN2O3S/c1-15(8-11(17)14-4-5-18-2)7-10(16)12-9(13)3-6-19-12/h3,6H,4-5,7-8H2,1-2H3,(H,14,17). The van der Waals surface area contributed by atoms with Gasteiger partial charge in [0.15, 0.2) is 5.78 Å². The van der Waals surface area contributed by atoms with Gasteiger partial charge in [-0.15, -0.1) is 11.3 Å². The van der Waals surface area contributed by atoms with Crippen molar-refractivity contribution in [3.05, 3.63) is 20.8 Å². The summed E-state index contributed by atoms with van der Waals surface area (Å²) in [4.78, 5) is 25.9. The number of likely N-dealkylation sites (N-methyl/N-ethyl adjacent to an activating group) is 1. The molecule has 1 rings (SSSR count). The van der Waals surface area contributed by atoms with Crippen LogP contribution in [0.25, 0.3) is 0 Å². The molecule has 0 unspecified atom stereocenters. The van der Waals surface area contributed by atoms with Gasteiger partial charge < -0.3 is 10.1 Å². The number of carbonyl (C=O) groups excluding carboxylic acids is 2. The lowest BCUT2D eigenvalue weighted by atomic mass is 10.3. The van der Waals surface area contributed by atoms with E-state index in [0.717, 1.165) is 4.47 Å². The van der Waals surface area contributed by atoms with Crippen molar-refractivity contribution in [3.8, 4) is 0 Å². The zero-order valence-electron chi connectivity index (χ0n) is 10.9. The molecule has 1 aromatic heterocycles. The number of amides is 1. The molecule has 0 saturated carbocycles. The molecule has 1 aromatic rings. The fourth-order valence-electron chi connectivity index (χ4n) is 1.46. The molecule has 0 fully saturated rings. The third kappa shape index (κ3) is 5.82. The fraction of sp³-hybridized carbons (Fsp3) is 0.500. The van der Waals surface area contributed by atoms with Gasteiger partial charge in [0, 0.05) is 18.1 Å². The van der Waals surface area contributed by atoms with E-state index in [9.17, 15) is 9.59 Å². The molecule has 19 heavy (non-hydrogen) atoms. The van der Waals surface area contributed by atoms with Gasteiger partial charge in [-0.25, -0.2) is 0 Å². The summed E-state index contributed by atoms with van der Waals surface area (Å²) in [6, 6.07) is 1.84. The molecule has 0 aliphatic heterocycles. The molecule has 0 atom stereocenters. The Bertz CT molecular complexity index is 436. The molecular formula is C12H17BrN2O3S. The smallest absolute Gasteiger partial charge is 0.234 e. The van der Waals surface area contributed by atoms with Crippen LogP contribution in [0.2, 0.25) is 0 Å². The molecule has 0 aliphatic carbocycles. The van der Waals surface area contributed by atoms with Crippen LogP contribution in [0.15, 0.2) is 15.9 Å². The van der Waals surface area contributed by atoms with Crippen molar-refractivity contribution in [1.29, 1.82) is 0 Å². The maximum atomic E-state index is 12.0. The molecule has 5 nitrogen and oxygen atoms in total. The number of nitrogens with one attached hydrogen (secondary N) is 1. The monoisotopic (exact) mass is 348 g/mol. The molecule has 0 radical (unpaired) electrons. The Morgan fingerprint density at radius 2 is 2.21 bits per heavy atom. The van der Waals surface area contributed by atoms with E-state index in [4.69, 9.17) is 4.74 Å². The highest BCUT2D eigenvalue weighted by molar-refractivity contribution is 9.10. The second kappa shape index (κ2) is 8.42. The summed E-state index contributed by atoms with van der Waals surface area (Å²) in [5.74, 6) is -0.105. The van der Waals surface area contributed by atoms with Crippen molar-refractivity contribution >= 4 is 39.0 Å². The van der Waals surface area contributed by atoms with Gasteiger partial charge in [0.2, 0.25) is 5.91 Å². The van der Waals surface area contributed by atoms with Crippen LogP contribution in [0.4, 0.5) is 0 Å². The molecule has 0 saturated heterocycles. The number of hydrogen-bond acceptors (Lipinski definition) is 5. The molecule has 0 bridgehead atoms. The number of rotatable bonds is 8. The lowest BCUT2D eigenvalue weighted by Gasteiger charge is -2.15. The molecule has 7 heteroatoms. The number of methoxy groups -OCH3 is 1. The number of Topliss-reactive ketones (excluding diaryl/α,β-unsaturated/α-hetero) is 1. The van der Waals surface area contributed by atoms with Crippen LogP contribution in [0.5, 0.6) is 0 Å². The highest BCUT2D eigenvalue weighted by atomic mass is 79.9. The number of thiophene rings is 1. The lowest BCUT2D eigenvalue weighted by Crippen LogP contribution is -2.38. The molecule has 1 heterocycles. The first-order valence-corrected chi connectivity index (χ1v) is 7.42. The Hall–Kier alpha value is -0.760. The average molecular weight is 349 g/mol. The fourth-order valence-corrected chi connectivity index (χ4v) is 2.98. The van der Waals surface area contributed by atoms with Crippen LogP contribution in [-0.2, 0) is 9.53 Å². The number of carbonyl (C=O) groups is 2. The topological polar surface area (TPSA) is 58.6 Å². The predicted molar refractivity (Wildman–Crippen MR) is 78.7 cm³/mol. The Balaban J connectivity index is 2.35. The minimum atomic E-state index is -0.113. The molecule has 0 aliphatic rings. The van der Waals surface area contributed by atoms with Crippen LogP contribution >= 0.6 is 27.3 Å². The first-order valence-electron chi connectivity index (χ1n) is 5.75. The van der Waals surface area contributed by atoms with Crippen molar-refractivity contribution in [2.45, 2.75) is 0 Å². The van der Waals surface area contributed by atoms with Crippen LogP contribution in [-0.4, -0.2) is 57.0 Å². The maximum Gasteiger partial charge on any atom is 0.234 e. The molecule has 0 aromatic carbocycles. The van der Waals surface area contributed by atoms with E-state index < -0.39 is 0 Å². The Labute approximate surface area is 125 Å². The number of nitrogens with zero attached hydrogens (tertiary/aromatic N) is 1. The van der Waals surface area contributed by atoms with Gasteiger partial charge in [0.1, 0.15) is 0 Å². The summed E-state index contributed by atoms with van der Waals surface area (Å²) >= 11 is 4.72. The second-order valence-electron chi connectivity index (χ2n) is 4.04. The maximum absolute atomic E-state index is 12.0. The van der Waals surface area contributed by atoms with E-state index in [-0.39, 0.29) is 24.8 Å². The first kappa shape index (κ1) is 16.3. The Morgan fingerprint density at radius 3 is 2.79 bits per heavy atom. The second-order valence-corrected chi connectivity index (χ2v) is 5.81. The van der Waals surface area contributed by atoms with Crippen molar-refractivity contribution in [2.24, 2.45) is 0 Å². The van der Waals surface area contributed by atoms with Crippen LogP contribution in [0, 0.1) is 0 Å². The van der Waals surface area contributed by atoms with E-state index in [1.165, 1.54) is 11.3 Å². The van der Waals surface area contributed by atoms with Gasteiger partial charge in [0.25, 0.3) is 0 Å². The summed E-state index contributed by atoms with van der Waals surface area (Å²) in [5, 5.41) is 4.57. The predicted octanol–water partition coefficient (Wildman–Crippen LogP) is 1.39. The summed E-state index contributed by atoms with van der Waals surface area (Å²) < 4.78 is 5.64. The molecule has 106 valence electrons. The summed E-state index contributed by atoms with van der Waals surface area (Å²) in [5.41, 5.74) is 0. The highest BCUT2D eigenvalue weighted by Crippen LogP contribution is 2.23. The van der Waals surface area contributed by atoms with Gasteiger partial charge in [-0.05, 0) is 34.4 Å². The third-order valence-corrected chi connectivity index (χ3v) is 4.20. The quantitative estimate of drug-likeness (QED) is 0.569. The molecular weight excluding hydrogens is 332 g/mol. The number of ketones is 1. The summed E-state index contributed by atoms with van der Waals surface area (Å²) in [6.45, 7) is 1.37. The Kier molecular flexibility index (Phi) is 7.22. The normalized spacial score (nSPS) is 10.7. The number of halogens is 1. The van der Waals surface area contributed by atoms with E-state index in [1.54, 1.807) is 19.1 Å². The lowest BCUT2D eigenvalue weighted by molar-refractivity contribution is -0.122. The highest BCUT2D eigenvalue weighted by Gasteiger charge is 2.15. The van der Waals surface area contributed by atoms with E-state index in [2.05, 4.69) is 21.2 Å². The van der Waals surface area contributed by atoms with Gasteiger partial charge >= 0.3 is 0 Å². The summed E-state index contributed by atoms with van der Waals surface area (Å²) in [7, 11) is 3.32.